The highest BCUT2D eigenvalue weighted by atomic mass is 16.2. The van der Waals surface area contributed by atoms with E-state index in [2.05, 4.69) is 15.6 Å². The van der Waals surface area contributed by atoms with E-state index in [-0.39, 0.29) is 6.04 Å². The number of amides is 2. The van der Waals surface area contributed by atoms with E-state index < -0.39 is 11.8 Å². The lowest BCUT2D eigenvalue weighted by molar-refractivity contribution is -0.136. The standard InChI is InChI=1S/C11H13N3O2/c1-7-4-5-12-9(6-7)14-11(16)10(15)13-8-2-3-8/h4-6,8H,2-3H2,1H3,(H,13,15)(H,12,14,16). The van der Waals surface area contributed by atoms with Crippen LogP contribution in [0.3, 0.4) is 0 Å². The first kappa shape index (κ1) is 10.6. The molecule has 1 aromatic rings. The van der Waals surface area contributed by atoms with Crippen molar-refractivity contribution in [3.05, 3.63) is 23.9 Å². The van der Waals surface area contributed by atoms with Gasteiger partial charge in [0.15, 0.2) is 0 Å². The normalized spacial score (nSPS) is 14.3. The molecule has 1 aliphatic rings. The van der Waals surface area contributed by atoms with Crippen LogP contribution in [0.5, 0.6) is 0 Å². The van der Waals surface area contributed by atoms with Gasteiger partial charge in [0.1, 0.15) is 5.82 Å². The third-order valence-electron chi connectivity index (χ3n) is 2.28. The largest absolute Gasteiger partial charge is 0.345 e. The Labute approximate surface area is 93.3 Å². The van der Waals surface area contributed by atoms with Crippen molar-refractivity contribution in [2.24, 2.45) is 0 Å². The van der Waals surface area contributed by atoms with Gasteiger partial charge in [0.05, 0.1) is 0 Å². The zero-order valence-electron chi connectivity index (χ0n) is 8.99. The third kappa shape index (κ3) is 2.79. The Kier molecular flexibility index (Phi) is 2.85. The number of hydrogen-bond donors (Lipinski definition) is 2. The van der Waals surface area contributed by atoms with Gasteiger partial charge in [-0.25, -0.2) is 4.98 Å². The second kappa shape index (κ2) is 4.30. The Hall–Kier alpha value is -1.91. The van der Waals surface area contributed by atoms with Crippen LogP contribution in [0.1, 0.15) is 18.4 Å². The zero-order chi connectivity index (χ0) is 11.5. The number of aryl methyl sites for hydroxylation is 1. The van der Waals surface area contributed by atoms with Crippen LogP contribution < -0.4 is 10.6 Å². The Bertz CT molecular complexity index is 427. The second-order valence-electron chi connectivity index (χ2n) is 3.92. The lowest BCUT2D eigenvalue weighted by atomic mass is 10.3. The van der Waals surface area contributed by atoms with Gasteiger partial charge in [-0.15, -0.1) is 0 Å². The molecule has 16 heavy (non-hydrogen) atoms. The fourth-order valence-electron chi connectivity index (χ4n) is 1.26. The highest BCUT2D eigenvalue weighted by Gasteiger charge is 2.26. The average molecular weight is 219 g/mol. The van der Waals surface area contributed by atoms with Crippen molar-refractivity contribution < 1.29 is 9.59 Å². The van der Waals surface area contributed by atoms with Crippen molar-refractivity contribution in [2.75, 3.05) is 5.32 Å². The first-order valence-electron chi connectivity index (χ1n) is 5.19. The molecule has 5 nitrogen and oxygen atoms in total. The molecule has 2 rings (SSSR count). The lowest BCUT2D eigenvalue weighted by Crippen LogP contribution is -2.36. The van der Waals surface area contributed by atoms with Crippen molar-refractivity contribution in [1.29, 1.82) is 0 Å². The van der Waals surface area contributed by atoms with Crippen LogP contribution >= 0.6 is 0 Å². The Morgan fingerprint density at radius 3 is 2.75 bits per heavy atom. The Morgan fingerprint density at radius 2 is 2.12 bits per heavy atom. The fraction of sp³-hybridized carbons (Fsp3) is 0.364. The maximum Gasteiger partial charge on any atom is 0.314 e. The van der Waals surface area contributed by atoms with Gasteiger partial charge in [0.25, 0.3) is 0 Å². The number of hydrogen-bond acceptors (Lipinski definition) is 3. The minimum Gasteiger partial charge on any atom is -0.345 e. The van der Waals surface area contributed by atoms with E-state index in [0.29, 0.717) is 5.82 Å². The third-order valence-corrected chi connectivity index (χ3v) is 2.28. The van der Waals surface area contributed by atoms with E-state index in [4.69, 9.17) is 0 Å². The highest BCUT2D eigenvalue weighted by Crippen LogP contribution is 2.18. The fourth-order valence-corrected chi connectivity index (χ4v) is 1.26. The van der Waals surface area contributed by atoms with Crippen LogP contribution in [0, 0.1) is 6.92 Å². The van der Waals surface area contributed by atoms with Gasteiger partial charge in [-0.1, -0.05) is 0 Å². The summed E-state index contributed by atoms with van der Waals surface area (Å²) in [6.45, 7) is 1.89. The van der Waals surface area contributed by atoms with Crippen LogP contribution in [0.15, 0.2) is 18.3 Å². The summed E-state index contributed by atoms with van der Waals surface area (Å²) in [6, 6.07) is 3.71. The molecule has 0 aromatic carbocycles. The van der Waals surface area contributed by atoms with E-state index in [9.17, 15) is 9.59 Å². The van der Waals surface area contributed by atoms with Crippen LogP contribution in [0.4, 0.5) is 5.82 Å². The summed E-state index contributed by atoms with van der Waals surface area (Å²) in [5, 5.41) is 5.06. The Morgan fingerprint density at radius 1 is 1.38 bits per heavy atom. The van der Waals surface area contributed by atoms with Gasteiger partial charge in [0.2, 0.25) is 0 Å². The number of nitrogens with one attached hydrogen (secondary N) is 2. The highest BCUT2D eigenvalue weighted by molar-refractivity contribution is 6.39. The molecule has 1 heterocycles. The summed E-state index contributed by atoms with van der Waals surface area (Å²) in [4.78, 5) is 26.7. The summed E-state index contributed by atoms with van der Waals surface area (Å²) in [7, 11) is 0. The van der Waals surface area contributed by atoms with Crippen LogP contribution in [0.2, 0.25) is 0 Å². The first-order valence-corrected chi connectivity index (χ1v) is 5.19. The molecule has 1 aromatic heterocycles. The molecule has 0 unspecified atom stereocenters. The second-order valence-corrected chi connectivity index (χ2v) is 3.92. The molecule has 1 aliphatic carbocycles. The van der Waals surface area contributed by atoms with Gasteiger partial charge in [0, 0.05) is 12.2 Å². The van der Waals surface area contributed by atoms with Gasteiger partial charge in [-0.05, 0) is 37.5 Å². The molecule has 84 valence electrons. The van der Waals surface area contributed by atoms with E-state index in [1.807, 2.05) is 13.0 Å². The monoisotopic (exact) mass is 219 g/mol. The SMILES string of the molecule is Cc1ccnc(NC(=O)C(=O)NC2CC2)c1. The minimum atomic E-state index is -0.662. The maximum atomic E-state index is 11.4. The summed E-state index contributed by atoms with van der Waals surface area (Å²) in [5.74, 6) is -0.855. The van der Waals surface area contributed by atoms with E-state index in [1.165, 1.54) is 0 Å². The van der Waals surface area contributed by atoms with Gasteiger partial charge in [-0.3, -0.25) is 9.59 Å². The predicted molar refractivity (Wildman–Crippen MR) is 58.8 cm³/mol. The van der Waals surface area contributed by atoms with E-state index in [0.717, 1.165) is 18.4 Å². The number of anilines is 1. The summed E-state index contributed by atoms with van der Waals surface area (Å²) >= 11 is 0. The molecule has 0 spiro atoms. The molecule has 0 atom stereocenters. The molecule has 2 N–H and O–H groups in total. The number of rotatable bonds is 2. The lowest BCUT2D eigenvalue weighted by Gasteiger charge is -2.04. The molecule has 0 saturated heterocycles. The number of carbonyl (C=O) groups is 2. The van der Waals surface area contributed by atoms with Crippen molar-refractivity contribution >= 4 is 17.6 Å². The topological polar surface area (TPSA) is 71.1 Å². The Balaban J connectivity index is 1.93. The van der Waals surface area contributed by atoms with Crippen molar-refractivity contribution in [1.82, 2.24) is 10.3 Å². The maximum absolute atomic E-state index is 11.4. The average Bonchev–Trinajstić information content (AvgIpc) is 3.01. The minimum absolute atomic E-state index is 0.184. The molecule has 1 saturated carbocycles. The van der Waals surface area contributed by atoms with E-state index >= 15 is 0 Å². The molecule has 1 fully saturated rings. The molecule has 0 radical (unpaired) electrons. The summed E-state index contributed by atoms with van der Waals surface area (Å²) in [6.07, 6.45) is 3.51. The van der Waals surface area contributed by atoms with Crippen molar-refractivity contribution in [2.45, 2.75) is 25.8 Å². The number of aromatic nitrogens is 1. The zero-order valence-corrected chi connectivity index (χ0v) is 8.99. The molecular weight excluding hydrogens is 206 g/mol. The van der Waals surface area contributed by atoms with E-state index in [1.54, 1.807) is 12.3 Å². The first-order chi connectivity index (χ1) is 7.65. The number of pyridine rings is 1. The molecule has 2 amide bonds. The smallest absolute Gasteiger partial charge is 0.314 e. The van der Waals surface area contributed by atoms with Crippen LogP contribution in [0.25, 0.3) is 0 Å². The molecular formula is C11H13N3O2. The van der Waals surface area contributed by atoms with Crippen molar-refractivity contribution in [3.8, 4) is 0 Å². The van der Waals surface area contributed by atoms with Crippen LogP contribution in [-0.2, 0) is 9.59 Å². The number of nitrogens with zero attached hydrogens (tertiary/aromatic N) is 1. The molecule has 0 bridgehead atoms. The quantitative estimate of drug-likeness (QED) is 0.716. The summed E-state index contributed by atoms with van der Waals surface area (Å²) < 4.78 is 0. The van der Waals surface area contributed by atoms with Crippen molar-refractivity contribution in [3.63, 3.8) is 0 Å². The molecule has 5 heteroatoms. The van der Waals surface area contributed by atoms with Crippen LogP contribution in [-0.4, -0.2) is 22.8 Å². The summed E-state index contributed by atoms with van der Waals surface area (Å²) in [5.41, 5.74) is 0.980. The van der Waals surface area contributed by atoms with Gasteiger partial charge < -0.3 is 10.6 Å². The predicted octanol–water partition coefficient (Wildman–Crippen LogP) is 0.607. The van der Waals surface area contributed by atoms with Gasteiger partial charge >= 0.3 is 11.8 Å². The molecule has 0 aliphatic heterocycles. The van der Waals surface area contributed by atoms with Gasteiger partial charge in [-0.2, -0.15) is 0 Å². The number of carbonyl (C=O) groups excluding carboxylic acids is 2.